The number of nitrogens with one attached hydrogen (secondary N) is 2. The van der Waals surface area contributed by atoms with E-state index in [9.17, 15) is 9.59 Å². The van der Waals surface area contributed by atoms with Gasteiger partial charge in [-0.1, -0.05) is 29.8 Å². The van der Waals surface area contributed by atoms with Crippen molar-refractivity contribution in [2.24, 2.45) is 0 Å². The van der Waals surface area contributed by atoms with Crippen molar-refractivity contribution < 1.29 is 19.1 Å². The fourth-order valence-corrected chi connectivity index (χ4v) is 3.24. The van der Waals surface area contributed by atoms with Crippen LogP contribution in [0.5, 0.6) is 11.5 Å². The van der Waals surface area contributed by atoms with Crippen molar-refractivity contribution in [1.82, 2.24) is 10.6 Å². The molecule has 1 aliphatic rings. The molecule has 2 amide bonds. The van der Waals surface area contributed by atoms with Gasteiger partial charge >= 0.3 is 0 Å². The molecule has 0 aliphatic carbocycles. The molecule has 1 saturated heterocycles. The van der Waals surface area contributed by atoms with Crippen LogP contribution in [0.4, 0.5) is 0 Å². The Morgan fingerprint density at radius 1 is 1.07 bits per heavy atom. The van der Waals surface area contributed by atoms with Crippen molar-refractivity contribution in [3.05, 3.63) is 63.2 Å². The molecule has 3 rings (SSSR count). The Balaban J connectivity index is 1.86. The molecule has 150 valence electrons. The number of halogens is 1. The number of methoxy groups -OCH3 is 1. The average molecular weight is 431 g/mol. The minimum absolute atomic E-state index is 0.0251. The van der Waals surface area contributed by atoms with E-state index in [-0.39, 0.29) is 10.7 Å². The maximum absolute atomic E-state index is 12.0. The molecule has 0 spiro atoms. The molecule has 1 aliphatic heterocycles. The van der Waals surface area contributed by atoms with Crippen LogP contribution in [-0.4, -0.2) is 24.0 Å². The molecule has 2 N–H and O–H groups in total. The lowest BCUT2D eigenvalue weighted by Gasteiger charge is -2.17. The van der Waals surface area contributed by atoms with E-state index in [1.165, 1.54) is 24.3 Å². The third kappa shape index (κ3) is 4.75. The van der Waals surface area contributed by atoms with E-state index in [1.807, 2.05) is 26.0 Å². The van der Waals surface area contributed by atoms with Crippen LogP contribution >= 0.6 is 23.8 Å². The molecule has 29 heavy (non-hydrogen) atoms. The summed E-state index contributed by atoms with van der Waals surface area (Å²) in [6.45, 7) is 4.41. The molecule has 1 heterocycles. The second-order valence-corrected chi connectivity index (χ2v) is 7.35. The molecule has 2 aromatic carbocycles. The Kier molecular flexibility index (Phi) is 6.20. The van der Waals surface area contributed by atoms with Gasteiger partial charge in [0.25, 0.3) is 11.8 Å². The number of thiocarbonyl (C=S) groups is 1. The molecule has 0 bridgehead atoms. The first kappa shape index (κ1) is 20.8. The molecular formula is C21H19ClN2O4S. The summed E-state index contributed by atoms with van der Waals surface area (Å²) in [6.07, 6.45) is 1.41. The molecule has 0 atom stereocenters. The highest BCUT2D eigenvalue weighted by Crippen LogP contribution is 2.37. The largest absolute Gasteiger partial charge is 0.493 e. The zero-order chi connectivity index (χ0) is 21.1. The van der Waals surface area contributed by atoms with E-state index >= 15 is 0 Å². The van der Waals surface area contributed by atoms with Crippen LogP contribution in [0.3, 0.4) is 0 Å². The van der Waals surface area contributed by atoms with Gasteiger partial charge < -0.3 is 9.47 Å². The maximum Gasteiger partial charge on any atom is 0.263 e. The first-order chi connectivity index (χ1) is 13.8. The minimum atomic E-state index is -0.580. The predicted molar refractivity (Wildman–Crippen MR) is 115 cm³/mol. The summed E-state index contributed by atoms with van der Waals surface area (Å²) in [4.78, 5) is 24.0. The lowest BCUT2D eigenvalue weighted by Crippen LogP contribution is -2.51. The second-order valence-electron chi connectivity index (χ2n) is 6.54. The van der Waals surface area contributed by atoms with Gasteiger partial charge in [-0.05, 0) is 66.5 Å². The Bertz CT molecular complexity index is 1030. The fourth-order valence-electron chi connectivity index (χ4n) is 2.79. The van der Waals surface area contributed by atoms with Gasteiger partial charge in [0, 0.05) is 0 Å². The van der Waals surface area contributed by atoms with E-state index < -0.39 is 11.8 Å². The standard InChI is InChI=1S/C21H19ClN2O4S/c1-11-4-5-13(6-12(11)2)10-28-18-16(22)8-14(9-17(18)27-3)7-15-19(25)23-21(29)24-20(15)26/h4-9H,10H2,1-3H3,(H2,23,24,25,26,29). The molecule has 0 saturated carbocycles. The number of benzene rings is 2. The lowest BCUT2D eigenvalue weighted by molar-refractivity contribution is -0.123. The molecular weight excluding hydrogens is 412 g/mol. The number of carbonyl (C=O) groups excluding carboxylic acids is 2. The molecule has 1 fully saturated rings. The van der Waals surface area contributed by atoms with Crippen LogP contribution < -0.4 is 20.1 Å². The maximum atomic E-state index is 12.0. The third-order valence-corrected chi connectivity index (χ3v) is 4.95. The molecule has 8 heteroatoms. The van der Waals surface area contributed by atoms with Crippen molar-refractivity contribution in [2.45, 2.75) is 20.5 Å². The van der Waals surface area contributed by atoms with Crippen LogP contribution in [-0.2, 0) is 16.2 Å². The SMILES string of the molecule is COc1cc(C=C2C(=O)NC(=S)NC2=O)cc(Cl)c1OCc1ccc(C)c(C)c1. The van der Waals surface area contributed by atoms with Crippen molar-refractivity contribution in [3.63, 3.8) is 0 Å². The molecule has 2 aromatic rings. The number of rotatable bonds is 5. The third-order valence-electron chi connectivity index (χ3n) is 4.46. The normalized spacial score (nSPS) is 13.7. The summed E-state index contributed by atoms with van der Waals surface area (Å²) in [6, 6.07) is 9.32. The number of hydrogen-bond donors (Lipinski definition) is 2. The molecule has 0 aromatic heterocycles. The summed E-state index contributed by atoms with van der Waals surface area (Å²) in [5.74, 6) is -0.388. The van der Waals surface area contributed by atoms with Crippen LogP contribution in [0.15, 0.2) is 35.9 Å². The zero-order valence-corrected chi connectivity index (χ0v) is 17.7. The van der Waals surface area contributed by atoms with Gasteiger partial charge in [-0.25, -0.2) is 0 Å². The van der Waals surface area contributed by atoms with Gasteiger partial charge in [0.2, 0.25) is 0 Å². The predicted octanol–water partition coefficient (Wildman–Crippen LogP) is 3.46. The summed E-state index contributed by atoms with van der Waals surface area (Å²) < 4.78 is 11.3. The van der Waals surface area contributed by atoms with E-state index in [4.69, 9.17) is 33.3 Å². The molecule has 0 unspecified atom stereocenters. The quantitative estimate of drug-likeness (QED) is 0.431. The van der Waals surface area contributed by atoms with Gasteiger partial charge in [0.1, 0.15) is 12.2 Å². The van der Waals surface area contributed by atoms with E-state index in [2.05, 4.69) is 16.7 Å². The molecule has 0 radical (unpaired) electrons. The van der Waals surface area contributed by atoms with E-state index in [0.29, 0.717) is 28.7 Å². The van der Waals surface area contributed by atoms with Crippen LogP contribution in [0, 0.1) is 13.8 Å². The highest BCUT2D eigenvalue weighted by Gasteiger charge is 2.26. The number of amides is 2. The summed E-state index contributed by atoms with van der Waals surface area (Å²) in [7, 11) is 1.49. The van der Waals surface area contributed by atoms with Gasteiger partial charge in [-0.2, -0.15) is 0 Å². The van der Waals surface area contributed by atoms with Gasteiger partial charge in [0.05, 0.1) is 12.1 Å². The Hall–Kier alpha value is -2.90. The second kappa shape index (κ2) is 8.63. The van der Waals surface area contributed by atoms with Gasteiger partial charge in [-0.3, -0.25) is 20.2 Å². The minimum Gasteiger partial charge on any atom is -0.493 e. The fraction of sp³-hybridized carbons (Fsp3) is 0.190. The number of carbonyl (C=O) groups is 2. The van der Waals surface area contributed by atoms with Crippen molar-refractivity contribution in [3.8, 4) is 11.5 Å². The Morgan fingerprint density at radius 2 is 1.76 bits per heavy atom. The number of aryl methyl sites for hydroxylation is 2. The van der Waals surface area contributed by atoms with E-state index in [0.717, 1.165) is 5.56 Å². The highest BCUT2D eigenvalue weighted by atomic mass is 35.5. The van der Waals surface area contributed by atoms with Crippen molar-refractivity contribution in [2.75, 3.05) is 7.11 Å². The lowest BCUT2D eigenvalue weighted by atomic mass is 10.1. The first-order valence-electron chi connectivity index (χ1n) is 8.73. The monoisotopic (exact) mass is 430 g/mol. The zero-order valence-electron chi connectivity index (χ0n) is 16.1. The highest BCUT2D eigenvalue weighted by molar-refractivity contribution is 7.80. The average Bonchev–Trinajstić information content (AvgIpc) is 2.66. The van der Waals surface area contributed by atoms with E-state index in [1.54, 1.807) is 12.1 Å². The van der Waals surface area contributed by atoms with Crippen LogP contribution in [0.1, 0.15) is 22.3 Å². The van der Waals surface area contributed by atoms with Crippen LogP contribution in [0.2, 0.25) is 5.02 Å². The van der Waals surface area contributed by atoms with Gasteiger partial charge in [-0.15, -0.1) is 0 Å². The number of hydrogen-bond acceptors (Lipinski definition) is 5. The summed E-state index contributed by atoms with van der Waals surface area (Å²) in [5.41, 5.74) is 3.82. The van der Waals surface area contributed by atoms with Crippen LogP contribution in [0.25, 0.3) is 6.08 Å². The van der Waals surface area contributed by atoms with Gasteiger partial charge in [0.15, 0.2) is 16.6 Å². The summed E-state index contributed by atoms with van der Waals surface area (Å²) >= 11 is 11.2. The smallest absolute Gasteiger partial charge is 0.263 e. The van der Waals surface area contributed by atoms with Crippen molar-refractivity contribution >= 4 is 46.8 Å². The topological polar surface area (TPSA) is 76.7 Å². The summed E-state index contributed by atoms with van der Waals surface area (Å²) in [5, 5.41) is 5.04. The Labute approximate surface area is 178 Å². The first-order valence-corrected chi connectivity index (χ1v) is 9.52. The number of ether oxygens (including phenoxy) is 2. The molecule has 6 nitrogen and oxygen atoms in total. The van der Waals surface area contributed by atoms with Crippen molar-refractivity contribution in [1.29, 1.82) is 0 Å². The Morgan fingerprint density at radius 3 is 2.38 bits per heavy atom.